The van der Waals surface area contributed by atoms with Gasteiger partial charge in [0.2, 0.25) is 0 Å². The van der Waals surface area contributed by atoms with Crippen molar-refractivity contribution in [3.05, 3.63) is 12.7 Å². The second kappa shape index (κ2) is 6.27. The van der Waals surface area contributed by atoms with E-state index in [0.717, 1.165) is 25.7 Å². The Hall–Kier alpha value is -1.52. The van der Waals surface area contributed by atoms with Gasteiger partial charge in [-0.25, -0.2) is 9.59 Å². The number of carboxylic acid groups (broad SMARTS) is 1. The molecule has 0 bridgehead atoms. The smallest absolute Gasteiger partial charge is 0.408 e. The van der Waals surface area contributed by atoms with Crippen molar-refractivity contribution < 1.29 is 19.4 Å². The summed E-state index contributed by atoms with van der Waals surface area (Å²) in [5, 5.41) is 11.8. The Balaban J connectivity index is 2.66. The molecule has 1 rings (SSSR count). The summed E-state index contributed by atoms with van der Waals surface area (Å²) >= 11 is 0. The number of carbonyl (C=O) groups is 2. The van der Waals surface area contributed by atoms with Crippen molar-refractivity contribution >= 4 is 12.1 Å². The van der Waals surface area contributed by atoms with Gasteiger partial charge in [0, 0.05) is 0 Å². The lowest BCUT2D eigenvalue weighted by Crippen LogP contribution is -2.54. The number of alkyl carbamates (subject to hydrolysis) is 1. The molecule has 1 aliphatic carbocycles. The van der Waals surface area contributed by atoms with Gasteiger partial charge in [-0.2, -0.15) is 0 Å². The summed E-state index contributed by atoms with van der Waals surface area (Å²) in [4.78, 5) is 22.8. The standard InChI is InChI=1S/C12H19NO4/c1-2-9-17-11(16)13-12(10(14)15)7-5-3-4-6-8-12/h2H,1,3-9H2,(H,13,16)(H,14,15). The van der Waals surface area contributed by atoms with Gasteiger partial charge in [-0.15, -0.1) is 0 Å². The number of aliphatic carboxylic acids is 1. The number of hydrogen-bond donors (Lipinski definition) is 2. The molecule has 96 valence electrons. The molecule has 0 atom stereocenters. The lowest BCUT2D eigenvalue weighted by atomic mass is 9.90. The summed E-state index contributed by atoms with van der Waals surface area (Å²) in [6, 6.07) is 0. The topological polar surface area (TPSA) is 75.6 Å². The second-order valence-electron chi connectivity index (χ2n) is 4.31. The van der Waals surface area contributed by atoms with Crippen LogP contribution in [0.15, 0.2) is 12.7 Å². The largest absolute Gasteiger partial charge is 0.480 e. The fraction of sp³-hybridized carbons (Fsp3) is 0.667. The molecule has 0 radical (unpaired) electrons. The third-order valence-corrected chi connectivity index (χ3v) is 3.04. The summed E-state index contributed by atoms with van der Waals surface area (Å²) in [6.45, 7) is 3.51. The molecule has 5 heteroatoms. The normalized spacial score (nSPS) is 18.8. The highest BCUT2D eigenvalue weighted by Crippen LogP contribution is 2.27. The van der Waals surface area contributed by atoms with Crippen LogP contribution in [0.2, 0.25) is 0 Å². The Morgan fingerprint density at radius 3 is 2.35 bits per heavy atom. The van der Waals surface area contributed by atoms with Crippen LogP contribution in [-0.2, 0) is 9.53 Å². The lowest BCUT2D eigenvalue weighted by molar-refractivity contribution is -0.145. The summed E-state index contributed by atoms with van der Waals surface area (Å²) < 4.78 is 4.78. The first kappa shape index (κ1) is 13.5. The first-order valence-corrected chi connectivity index (χ1v) is 5.90. The van der Waals surface area contributed by atoms with Crippen molar-refractivity contribution in [2.75, 3.05) is 6.61 Å². The van der Waals surface area contributed by atoms with E-state index in [1.807, 2.05) is 0 Å². The minimum absolute atomic E-state index is 0.0849. The van der Waals surface area contributed by atoms with Crippen LogP contribution < -0.4 is 5.32 Å². The molecule has 0 saturated heterocycles. The molecule has 1 fully saturated rings. The van der Waals surface area contributed by atoms with E-state index in [-0.39, 0.29) is 6.61 Å². The van der Waals surface area contributed by atoms with E-state index in [9.17, 15) is 14.7 Å². The van der Waals surface area contributed by atoms with Gasteiger partial charge in [0.25, 0.3) is 0 Å². The van der Waals surface area contributed by atoms with Crippen molar-refractivity contribution in [2.45, 2.75) is 44.1 Å². The maximum Gasteiger partial charge on any atom is 0.408 e. The van der Waals surface area contributed by atoms with Crippen molar-refractivity contribution in [3.63, 3.8) is 0 Å². The van der Waals surface area contributed by atoms with Crippen LogP contribution in [0.25, 0.3) is 0 Å². The van der Waals surface area contributed by atoms with Crippen molar-refractivity contribution in [2.24, 2.45) is 0 Å². The first-order chi connectivity index (χ1) is 8.10. The van der Waals surface area contributed by atoms with Crippen molar-refractivity contribution in [1.82, 2.24) is 5.32 Å². The van der Waals surface area contributed by atoms with Gasteiger partial charge >= 0.3 is 12.1 Å². The van der Waals surface area contributed by atoms with E-state index in [1.165, 1.54) is 6.08 Å². The van der Waals surface area contributed by atoms with E-state index in [4.69, 9.17) is 4.74 Å². The predicted octanol–water partition coefficient (Wildman–Crippen LogP) is 2.08. The first-order valence-electron chi connectivity index (χ1n) is 5.90. The molecule has 0 aromatic rings. The Morgan fingerprint density at radius 2 is 1.88 bits per heavy atom. The van der Waals surface area contributed by atoms with Gasteiger partial charge < -0.3 is 15.2 Å². The number of carboxylic acids is 1. The van der Waals surface area contributed by atoms with Crippen LogP contribution in [0.3, 0.4) is 0 Å². The highest BCUT2D eigenvalue weighted by Gasteiger charge is 2.40. The van der Waals surface area contributed by atoms with Gasteiger partial charge in [-0.05, 0) is 12.8 Å². The number of nitrogens with one attached hydrogen (secondary N) is 1. The maximum atomic E-state index is 11.4. The molecule has 0 aromatic carbocycles. The highest BCUT2D eigenvalue weighted by molar-refractivity contribution is 5.84. The third-order valence-electron chi connectivity index (χ3n) is 3.04. The van der Waals surface area contributed by atoms with Gasteiger partial charge in [0.05, 0.1) is 0 Å². The van der Waals surface area contributed by atoms with Crippen LogP contribution >= 0.6 is 0 Å². The van der Waals surface area contributed by atoms with Gasteiger partial charge in [0.1, 0.15) is 12.1 Å². The molecular formula is C12H19NO4. The minimum Gasteiger partial charge on any atom is -0.480 e. The van der Waals surface area contributed by atoms with Crippen LogP contribution in [0.5, 0.6) is 0 Å². The fourth-order valence-electron chi connectivity index (χ4n) is 2.09. The van der Waals surface area contributed by atoms with Gasteiger partial charge in [-0.1, -0.05) is 38.3 Å². The molecule has 1 saturated carbocycles. The molecule has 0 heterocycles. The molecule has 0 unspecified atom stereocenters. The fourth-order valence-corrected chi connectivity index (χ4v) is 2.09. The Morgan fingerprint density at radius 1 is 1.29 bits per heavy atom. The van der Waals surface area contributed by atoms with Crippen LogP contribution in [0.1, 0.15) is 38.5 Å². The molecule has 1 amide bonds. The summed E-state index contributed by atoms with van der Waals surface area (Å²) in [5.41, 5.74) is -1.16. The molecule has 0 aromatic heterocycles. The molecule has 0 aliphatic heterocycles. The predicted molar refractivity (Wildman–Crippen MR) is 62.7 cm³/mol. The molecule has 2 N–H and O–H groups in total. The molecule has 0 spiro atoms. The monoisotopic (exact) mass is 241 g/mol. The molecule has 17 heavy (non-hydrogen) atoms. The van der Waals surface area contributed by atoms with Gasteiger partial charge in [-0.3, -0.25) is 0 Å². The zero-order chi connectivity index (χ0) is 12.7. The van der Waals surface area contributed by atoms with E-state index in [0.29, 0.717) is 12.8 Å². The van der Waals surface area contributed by atoms with E-state index in [1.54, 1.807) is 0 Å². The zero-order valence-electron chi connectivity index (χ0n) is 9.91. The van der Waals surface area contributed by atoms with Crippen molar-refractivity contribution in [3.8, 4) is 0 Å². The third kappa shape index (κ3) is 3.76. The number of ether oxygens (including phenoxy) is 1. The Labute approximate surface area is 101 Å². The summed E-state index contributed by atoms with van der Waals surface area (Å²) in [5.74, 6) is -0.977. The van der Waals surface area contributed by atoms with Crippen LogP contribution in [-0.4, -0.2) is 29.3 Å². The second-order valence-corrected chi connectivity index (χ2v) is 4.31. The Bertz CT molecular complexity index is 293. The lowest BCUT2D eigenvalue weighted by Gasteiger charge is -2.28. The summed E-state index contributed by atoms with van der Waals surface area (Å²) in [6.07, 6.45) is 5.34. The maximum absolute atomic E-state index is 11.4. The Kier molecular flexibility index (Phi) is 5.00. The van der Waals surface area contributed by atoms with E-state index < -0.39 is 17.6 Å². The number of carbonyl (C=O) groups excluding carboxylic acids is 1. The SMILES string of the molecule is C=CCOC(=O)NC1(C(=O)O)CCCCCC1. The number of rotatable bonds is 4. The molecular weight excluding hydrogens is 222 g/mol. The van der Waals surface area contributed by atoms with E-state index >= 15 is 0 Å². The average Bonchev–Trinajstić information content (AvgIpc) is 2.53. The number of amides is 1. The highest BCUT2D eigenvalue weighted by atomic mass is 16.5. The van der Waals surface area contributed by atoms with Crippen molar-refractivity contribution in [1.29, 1.82) is 0 Å². The quantitative estimate of drug-likeness (QED) is 0.583. The molecule has 5 nitrogen and oxygen atoms in total. The average molecular weight is 241 g/mol. The van der Waals surface area contributed by atoms with Crippen LogP contribution in [0, 0.1) is 0 Å². The van der Waals surface area contributed by atoms with Gasteiger partial charge in [0.15, 0.2) is 0 Å². The zero-order valence-corrected chi connectivity index (χ0v) is 9.91. The van der Waals surface area contributed by atoms with E-state index in [2.05, 4.69) is 11.9 Å². The molecule has 1 aliphatic rings. The minimum atomic E-state index is -1.16. The summed E-state index contributed by atoms with van der Waals surface area (Å²) in [7, 11) is 0. The van der Waals surface area contributed by atoms with Crippen LogP contribution in [0.4, 0.5) is 4.79 Å². The number of hydrogen-bond acceptors (Lipinski definition) is 3.